The number of nitrogens with zero attached hydrogens (tertiary/aromatic N) is 2. The molecule has 0 amide bonds. The van der Waals surface area contributed by atoms with Gasteiger partial charge in [-0.25, -0.2) is 4.79 Å². The summed E-state index contributed by atoms with van der Waals surface area (Å²) in [6.07, 6.45) is 0. The maximum Gasteiger partial charge on any atom is 0.342 e. The monoisotopic (exact) mass is 225 g/mol. The van der Waals surface area contributed by atoms with Gasteiger partial charge in [-0.1, -0.05) is 0 Å². The lowest BCUT2D eigenvalue weighted by atomic mass is 10.1. The number of rotatable bonds is 3. The molecular weight excluding hydrogens is 212 g/mol. The first kappa shape index (κ1) is 12.1. The number of nitro benzene ring substituents is 1. The Hall–Kier alpha value is -1.95. The van der Waals surface area contributed by atoms with E-state index >= 15 is 0 Å². The summed E-state index contributed by atoms with van der Waals surface area (Å²) in [5.41, 5.74) is 0.0111. The minimum Gasteiger partial charge on any atom is -0.477 e. The van der Waals surface area contributed by atoms with Crippen LogP contribution in [0, 0.1) is 10.1 Å². The number of hydrogen-bond donors (Lipinski definition) is 1. The zero-order chi connectivity index (χ0) is 12.5. The molecular formula is C10H13N2O4+. The Morgan fingerprint density at radius 2 is 1.94 bits per heavy atom. The van der Waals surface area contributed by atoms with Crippen molar-refractivity contribution in [3.63, 3.8) is 0 Å². The van der Waals surface area contributed by atoms with Gasteiger partial charge in [0.25, 0.3) is 5.69 Å². The molecule has 0 aliphatic rings. The number of nitro groups is 1. The van der Waals surface area contributed by atoms with Crippen LogP contribution in [-0.4, -0.2) is 37.1 Å². The van der Waals surface area contributed by atoms with E-state index in [0.29, 0.717) is 10.2 Å². The topological polar surface area (TPSA) is 80.4 Å². The number of hydrogen-bond acceptors (Lipinski definition) is 3. The molecule has 1 aromatic carbocycles. The highest BCUT2D eigenvalue weighted by molar-refractivity contribution is 5.93. The van der Waals surface area contributed by atoms with Crippen molar-refractivity contribution >= 4 is 17.3 Å². The Labute approximate surface area is 92.5 Å². The van der Waals surface area contributed by atoms with Gasteiger partial charge in [-0.2, -0.15) is 0 Å². The molecule has 0 atom stereocenters. The van der Waals surface area contributed by atoms with E-state index in [9.17, 15) is 14.9 Å². The highest BCUT2D eigenvalue weighted by Crippen LogP contribution is 2.26. The predicted molar refractivity (Wildman–Crippen MR) is 59.6 cm³/mol. The number of aromatic carboxylic acids is 1. The van der Waals surface area contributed by atoms with Crippen LogP contribution >= 0.6 is 0 Å². The molecule has 0 radical (unpaired) electrons. The van der Waals surface area contributed by atoms with Crippen molar-refractivity contribution in [1.29, 1.82) is 0 Å². The Kier molecular flexibility index (Phi) is 2.95. The molecule has 0 heterocycles. The van der Waals surface area contributed by atoms with Gasteiger partial charge in [-0.15, -0.1) is 0 Å². The van der Waals surface area contributed by atoms with Crippen LogP contribution in [0.3, 0.4) is 0 Å². The van der Waals surface area contributed by atoms with Gasteiger partial charge in [0.05, 0.1) is 32.1 Å². The van der Waals surface area contributed by atoms with Gasteiger partial charge in [-0.05, 0) is 6.07 Å². The summed E-state index contributed by atoms with van der Waals surface area (Å²) in [5, 5.41) is 19.5. The summed E-state index contributed by atoms with van der Waals surface area (Å²) in [7, 11) is 5.54. The van der Waals surface area contributed by atoms with Crippen LogP contribution in [0.2, 0.25) is 0 Å². The first-order valence-electron chi connectivity index (χ1n) is 4.57. The van der Waals surface area contributed by atoms with E-state index in [1.54, 1.807) is 6.07 Å². The molecule has 0 aliphatic heterocycles. The van der Waals surface area contributed by atoms with Gasteiger partial charge in [0.1, 0.15) is 11.3 Å². The summed E-state index contributed by atoms with van der Waals surface area (Å²) in [6, 6.07) is 4.14. The van der Waals surface area contributed by atoms with Crippen molar-refractivity contribution in [2.45, 2.75) is 0 Å². The fourth-order valence-electron chi connectivity index (χ4n) is 1.27. The van der Waals surface area contributed by atoms with E-state index in [2.05, 4.69) is 0 Å². The van der Waals surface area contributed by atoms with E-state index in [-0.39, 0.29) is 11.3 Å². The number of carboxylic acids is 1. The molecule has 0 aliphatic carbocycles. The average Bonchev–Trinajstić information content (AvgIpc) is 2.15. The highest BCUT2D eigenvalue weighted by Gasteiger charge is 2.24. The van der Waals surface area contributed by atoms with Crippen molar-refractivity contribution in [3.8, 4) is 0 Å². The standard InChI is InChI=1S/C10H12N2O4/c1-12(2,3)7-4-5-8(10(13)14)9(6-7)11(15)16/h4-6H,1-3H3/p+1. The smallest absolute Gasteiger partial charge is 0.342 e. The zero-order valence-electron chi connectivity index (χ0n) is 9.30. The van der Waals surface area contributed by atoms with Crippen LogP contribution in [0.1, 0.15) is 10.4 Å². The van der Waals surface area contributed by atoms with Gasteiger partial charge in [0, 0.05) is 6.07 Å². The van der Waals surface area contributed by atoms with Gasteiger partial charge in [0.2, 0.25) is 0 Å². The van der Waals surface area contributed by atoms with Crippen LogP contribution in [0.25, 0.3) is 0 Å². The van der Waals surface area contributed by atoms with Crippen molar-refractivity contribution in [1.82, 2.24) is 4.48 Å². The van der Waals surface area contributed by atoms with Crippen LogP contribution in [-0.2, 0) is 0 Å². The highest BCUT2D eigenvalue weighted by atomic mass is 16.6. The summed E-state index contributed by atoms with van der Waals surface area (Å²) >= 11 is 0. The van der Waals surface area contributed by atoms with Crippen LogP contribution < -0.4 is 4.48 Å². The molecule has 6 nitrogen and oxygen atoms in total. The lowest BCUT2D eigenvalue weighted by molar-refractivity contribution is -0.385. The van der Waals surface area contributed by atoms with Gasteiger partial charge < -0.3 is 5.11 Å². The summed E-state index contributed by atoms with van der Waals surface area (Å²) in [4.78, 5) is 20.8. The zero-order valence-corrected chi connectivity index (χ0v) is 9.30. The molecule has 0 saturated carbocycles. The normalized spacial score (nSPS) is 11.2. The summed E-state index contributed by atoms with van der Waals surface area (Å²) < 4.78 is 0.390. The van der Waals surface area contributed by atoms with Crippen LogP contribution in [0.4, 0.5) is 11.4 Å². The lowest BCUT2D eigenvalue weighted by Gasteiger charge is -2.23. The molecule has 0 spiro atoms. The fourth-order valence-corrected chi connectivity index (χ4v) is 1.27. The van der Waals surface area contributed by atoms with Crippen LogP contribution in [0.5, 0.6) is 0 Å². The maximum atomic E-state index is 10.8. The molecule has 16 heavy (non-hydrogen) atoms. The molecule has 0 unspecified atom stereocenters. The molecule has 1 aromatic rings. The summed E-state index contributed by atoms with van der Waals surface area (Å²) in [5.74, 6) is -1.29. The lowest BCUT2D eigenvalue weighted by Crippen LogP contribution is -2.34. The first-order valence-corrected chi connectivity index (χ1v) is 4.57. The molecule has 0 fully saturated rings. The Morgan fingerprint density at radius 3 is 2.31 bits per heavy atom. The van der Waals surface area contributed by atoms with E-state index in [1.165, 1.54) is 12.1 Å². The maximum absolute atomic E-state index is 10.8. The minimum absolute atomic E-state index is 0.290. The molecule has 1 N–H and O–H groups in total. The number of benzene rings is 1. The number of carboxylic acid groups (broad SMARTS) is 1. The molecule has 0 saturated heterocycles. The molecule has 1 rings (SSSR count). The Bertz CT molecular complexity index is 449. The third-order valence-electron chi connectivity index (χ3n) is 2.18. The number of carbonyl (C=O) groups is 1. The third kappa shape index (κ3) is 2.34. The quantitative estimate of drug-likeness (QED) is 0.480. The minimum atomic E-state index is -1.29. The second kappa shape index (κ2) is 3.90. The number of quaternary nitrogens is 1. The van der Waals surface area contributed by atoms with Crippen molar-refractivity contribution in [3.05, 3.63) is 33.9 Å². The van der Waals surface area contributed by atoms with Crippen molar-refractivity contribution in [2.75, 3.05) is 21.1 Å². The average molecular weight is 225 g/mol. The molecule has 0 bridgehead atoms. The van der Waals surface area contributed by atoms with Crippen molar-refractivity contribution in [2.24, 2.45) is 0 Å². The Balaban J connectivity index is 3.40. The predicted octanol–water partition coefficient (Wildman–Crippen LogP) is 1.49. The van der Waals surface area contributed by atoms with E-state index < -0.39 is 10.9 Å². The van der Waals surface area contributed by atoms with E-state index in [1.807, 2.05) is 21.1 Å². The van der Waals surface area contributed by atoms with E-state index in [0.717, 1.165) is 0 Å². The second-order valence-corrected chi connectivity index (χ2v) is 4.28. The third-order valence-corrected chi connectivity index (χ3v) is 2.18. The molecule has 86 valence electrons. The van der Waals surface area contributed by atoms with Gasteiger partial charge >= 0.3 is 5.97 Å². The van der Waals surface area contributed by atoms with Crippen molar-refractivity contribution < 1.29 is 14.8 Å². The molecule has 0 aromatic heterocycles. The first-order chi connectivity index (χ1) is 7.23. The largest absolute Gasteiger partial charge is 0.477 e. The molecule has 6 heteroatoms. The van der Waals surface area contributed by atoms with E-state index in [4.69, 9.17) is 5.11 Å². The van der Waals surface area contributed by atoms with Crippen LogP contribution in [0.15, 0.2) is 18.2 Å². The summed E-state index contributed by atoms with van der Waals surface area (Å²) in [6.45, 7) is 0. The van der Waals surface area contributed by atoms with Gasteiger partial charge in [-0.3, -0.25) is 14.6 Å². The van der Waals surface area contributed by atoms with Gasteiger partial charge in [0.15, 0.2) is 0 Å². The Morgan fingerprint density at radius 1 is 1.38 bits per heavy atom. The SMILES string of the molecule is C[N+](C)(C)c1ccc(C(=O)O)c([N+](=O)[O-])c1. The second-order valence-electron chi connectivity index (χ2n) is 4.28. The fraction of sp³-hybridized carbons (Fsp3) is 0.300.